The maximum atomic E-state index is 3.50. The van der Waals surface area contributed by atoms with E-state index in [1.165, 1.54) is 49.7 Å². The van der Waals surface area contributed by atoms with Crippen molar-refractivity contribution in [1.29, 1.82) is 0 Å². The van der Waals surface area contributed by atoms with Crippen molar-refractivity contribution in [3.8, 4) is 5.69 Å². The molecule has 0 radical (unpaired) electrons. The monoisotopic (exact) mass is 535 g/mol. The van der Waals surface area contributed by atoms with E-state index in [-0.39, 0.29) is 10.8 Å². The van der Waals surface area contributed by atoms with Gasteiger partial charge in [-0.25, -0.2) is 0 Å². The highest BCUT2D eigenvalue weighted by atomic mass is 79.9. The lowest BCUT2D eigenvalue weighted by Gasteiger charge is -2.19. The highest BCUT2D eigenvalue weighted by Crippen LogP contribution is 2.37. The van der Waals surface area contributed by atoms with Crippen molar-refractivity contribution >= 4 is 49.9 Å². The highest BCUT2D eigenvalue weighted by Gasteiger charge is 2.20. The Morgan fingerprint density at radius 2 is 0.972 bits per heavy atom. The van der Waals surface area contributed by atoms with E-state index in [9.17, 15) is 0 Å². The van der Waals surface area contributed by atoms with Gasteiger partial charge in [0.15, 0.2) is 0 Å². The van der Waals surface area contributed by atoms with E-state index < -0.39 is 0 Å². The van der Waals surface area contributed by atoms with Gasteiger partial charge in [0, 0.05) is 20.9 Å². The zero-order valence-corrected chi connectivity index (χ0v) is 23.6. The van der Waals surface area contributed by atoms with Crippen LogP contribution in [-0.4, -0.2) is 4.57 Å². The van der Waals surface area contributed by atoms with Gasteiger partial charge in [-0.1, -0.05) is 106 Å². The van der Waals surface area contributed by atoms with E-state index in [1.807, 2.05) is 0 Å². The average molecular weight is 537 g/mol. The summed E-state index contributed by atoms with van der Waals surface area (Å²) >= 11 is 3.50. The van der Waals surface area contributed by atoms with Crippen LogP contribution >= 0.6 is 15.9 Å². The van der Waals surface area contributed by atoms with Gasteiger partial charge < -0.3 is 4.57 Å². The second-order valence-electron chi connectivity index (χ2n) is 11.8. The van der Waals surface area contributed by atoms with Gasteiger partial charge in [-0.15, -0.1) is 0 Å². The molecule has 2 heteroatoms. The Labute approximate surface area is 223 Å². The number of hydrogen-bond acceptors (Lipinski definition) is 0. The standard InChI is InChI=1S/C34H34BrN/c1-33(2,3)25-13-19-31-29(21-25)30-22-26(34(4,5)6)14-20-32(30)36(31)28-17-11-24(12-18-28)8-7-23-9-15-27(35)16-10-23/h7-22H,1-6H3/b8-7+. The van der Waals surface area contributed by atoms with E-state index in [0.717, 1.165) is 4.47 Å². The molecule has 36 heavy (non-hydrogen) atoms. The first-order chi connectivity index (χ1) is 17.0. The molecule has 0 aliphatic rings. The fraction of sp³-hybridized carbons (Fsp3) is 0.235. The number of nitrogens with zero attached hydrogens (tertiary/aromatic N) is 1. The van der Waals surface area contributed by atoms with Crippen LogP contribution in [0.1, 0.15) is 63.8 Å². The van der Waals surface area contributed by atoms with Crippen molar-refractivity contribution in [2.24, 2.45) is 0 Å². The topological polar surface area (TPSA) is 4.93 Å². The van der Waals surface area contributed by atoms with Crippen LogP contribution in [0.5, 0.6) is 0 Å². The Balaban J connectivity index is 1.63. The van der Waals surface area contributed by atoms with Gasteiger partial charge in [0.25, 0.3) is 0 Å². The summed E-state index contributed by atoms with van der Waals surface area (Å²) in [4.78, 5) is 0. The summed E-state index contributed by atoms with van der Waals surface area (Å²) < 4.78 is 3.51. The molecule has 0 spiro atoms. The number of rotatable bonds is 3. The molecular weight excluding hydrogens is 502 g/mol. The number of fused-ring (bicyclic) bond motifs is 3. The van der Waals surface area contributed by atoms with Gasteiger partial charge in [-0.05, 0) is 81.6 Å². The molecule has 0 saturated carbocycles. The molecule has 0 amide bonds. The van der Waals surface area contributed by atoms with Crippen molar-refractivity contribution in [3.63, 3.8) is 0 Å². The third-order valence-corrected chi connectivity index (χ3v) is 7.52. The van der Waals surface area contributed by atoms with E-state index >= 15 is 0 Å². The molecule has 0 saturated heterocycles. The molecule has 0 unspecified atom stereocenters. The lowest BCUT2D eigenvalue weighted by atomic mass is 9.85. The quantitative estimate of drug-likeness (QED) is 0.202. The second-order valence-corrected chi connectivity index (χ2v) is 12.7. The predicted octanol–water partition coefficient (Wildman–Crippen LogP) is 10.3. The summed E-state index contributed by atoms with van der Waals surface area (Å²) in [7, 11) is 0. The van der Waals surface area contributed by atoms with Gasteiger partial charge >= 0.3 is 0 Å². The summed E-state index contributed by atoms with van der Waals surface area (Å²) in [5, 5.41) is 2.64. The van der Waals surface area contributed by atoms with Gasteiger partial charge in [-0.3, -0.25) is 0 Å². The van der Waals surface area contributed by atoms with Crippen molar-refractivity contribution in [3.05, 3.63) is 112 Å². The minimum absolute atomic E-state index is 0.104. The van der Waals surface area contributed by atoms with E-state index in [1.54, 1.807) is 0 Å². The molecule has 0 aliphatic carbocycles. The molecule has 1 nitrogen and oxygen atoms in total. The number of aromatic nitrogens is 1. The van der Waals surface area contributed by atoms with Crippen LogP contribution < -0.4 is 0 Å². The SMILES string of the molecule is CC(C)(C)c1ccc2c(c1)c1cc(C(C)(C)C)ccc1n2-c1ccc(/C=C/c2ccc(Br)cc2)cc1. The molecule has 4 aromatic carbocycles. The van der Waals surface area contributed by atoms with E-state index in [4.69, 9.17) is 0 Å². The van der Waals surface area contributed by atoms with Gasteiger partial charge in [0.05, 0.1) is 11.0 Å². The summed E-state index contributed by atoms with van der Waals surface area (Å²) in [5.74, 6) is 0. The van der Waals surface area contributed by atoms with Crippen molar-refractivity contribution in [1.82, 2.24) is 4.57 Å². The largest absolute Gasteiger partial charge is 0.309 e. The third-order valence-electron chi connectivity index (χ3n) is 6.99. The molecule has 182 valence electrons. The lowest BCUT2D eigenvalue weighted by Crippen LogP contribution is -2.10. The van der Waals surface area contributed by atoms with Crippen molar-refractivity contribution in [2.75, 3.05) is 0 Å². The molecule has 0 bridgehead atoms. The third kappa shape index (κ3) is 4.80. The van der Waals surface area contributed by atoms with E-state index in [2.05, 4.69) is 159 Å². The minimum Gasteiger partial charge on any atom is -0.309 e. The number of halogens is 1. The lowest BCUT2D eigenvalue weighted by molar-refractivity contribution is 0.590. The van der Waals surface area contributed by atoms with Gasteiger partial charge in [0.2, 0.25) is 0 Å². The maximum absolute atomic E-state index is 3.50. The van der Waals surface area contributed by atoms with Crippen LogP contribution in [0.25, 0.3) is 39.6 Å². The summed E-state index contributed by atoms with van der Waals surface area (Å²) in [5.41, 5.74) is 9.00. The predicted molar refractivity (Wildman–Crippen MR) is 161 cm³/mol. The average Bonchev–Trinajstić information content (AvgIpc) is 3.16. The zero-order valence-electron chi connectivity index (χ0n) is 22.1. The highest BCUT2D eigenvalue weighted by molar-refractivity contribution is 9.10. The first-order valence-electron chi connectivity index (χ1n) is 12.6. The van der Waals surface area contributed by atoms with Gasteiger partial charge in [-0.2, -0.15) is 0 Å². The normalized spacial score (nSPS) is 12.8. The summed E-state index contributed by atoms with van der Waals surface area (Å²) in [6, 6.07) is 31.2. The Morgan fingerprint density at radius 1 is 0.556 bits per heavy atom. The summed E-state index contributed by atoms with van der Waals surface area (Å²) in [6.45, 7) is 13.7. The minimum atomic E-state index is 0.104. The first kappa shape index (κ1) is 24.6. The first-order valence-corrected chi connectivity index (χ1v) is 13.4. The zero-order chi connectivity index (χ0) is 25.7. The van der Waals surface area contributed by atoms with E-state index in [0.29, 0.717) is 0 Å². The van der Waals surface area contributed by atoms with Gasteiger partial charge in [0.1, 0.15) is 0 Å². The fourth-order valence-electron chi connectivity index (χ4n) is 4.74. The maximum Gasteiger partial charge on any atom is 0.0541 e. The summed E-state index contributed by atoms with van der Waals surface area (Å²) in [6.07, 6.45) is 4.33. The van der Waals surface area contributed by atoms with Crippen LogP contribution in [0, 0.1) is 0 Å². The van der Waals surface area contributed by atoms with Crippen molar-refractivity contribution < 1.29 is 0 Å². The molecule has 0 aliphatic heterocycles. The Morgan fingerprint density at radius 3 is 1.39 bits per heavy atom. The molecule has 0 fully saturated rings. The molecule has 5 aromatic rings. The molecule has 0 N–H and O–H groups in total. The van der Waals surface area contributed by atoms with Crippen LogP contribution in [0.3, 0.4) is 0 Å². The fourth-order valence-corrected chi connectivity index (χ4v) is 5.00. The second kappa shape index (κ2) is 9.09. The molecule has 5 rings (SSSR count). The molecular formula is C34H34BrN. The van der Waals surface area contributed by atoms with Crippen LogP contribution in [0.4, 0.5) is 0 Å². The Kier molecular flexibility index (Phi) is 6.21. The molecule has 0 atom stereocenters. The molecule has 1 heterocycles. The van der Waals surface area contributed by atoms with Crippen LogP contribution in [0.2, 0.25) is 0 Å². The van der Waals surface area contributed by atoms with Crippen LogP contribution in [0.15, 0.2) is 89.4 Å². The molecule has 1 aromatic heterocycles. The Hall–Kier alpha value is -3.10. The Bertz CT molecular complexity index is 1500. The number of hydrogen-bond donors (Lipinski definition) is 0. The van der Waals surface area contributed by atoms with Crippen LogP contribution in [-0.2, 0) is 10.8 Å². The van der Waals surface area contributed by atoms with Crippen molar-refractivity contribution in [2.45, 2.75) is 52.4 Å². The number of benzene rings is 4. The smallest absolute Gasteiger partial charge is 0.0541 e.